The fourth-order valence-electron chi connectivity index (χ4n) is 5.43. The first kappa shape index (κ1) is 39.8. The second kappa shape index (κ2) is 19.6. The predicted molar refractivity (Wildman–Crippen MR) is 192 cm³/mol. The smallest absolute Gasteiger partial charge is 0.744 e. The zero-order valence-corrected chi connectivity index (χ0v) is 32.1. The molecule has 0 aliphatic carbocycles. The van der Waals surface area contributed by atoms with Gasteiger partial charge in [0.1, 0.15) is 22.0 Å². The van der Waals surface area contributed by atoms with E-state index in [4.69, 9.17) is 14.6 Å². The summed E-state index contributed by atoms with van der Waals surface area (Å²) in [5.41, 5.74) is 5.55. The van der Waals surface area contributed by atoms with Gasteiger partial charge in [0.05, 0.1) is 24.7 Å². The maximum atomic E-state index is 12.5. The topological polar surface area (TPSA) is 116 Å². The van der Waals surface area contributed by atoms with Crippen molar-refractivity contribution in [1.29, 1.82) is 0 Å². The van der Waals surface area contributed by atoms with E-state index in [1.54, 1.807) is 18.2 Å². The van der Waals surface area contributed by atoms with Gasteiger partial charge in [0, 0.05) is 16.4 Å². The molecule has 5 aromatic carbocycles. The van der Waals surface area contributed by atoms with E-state index in [0.29, 0.717) is 53.4 Å². The molecule has 0 saturated carbocycles. The monoisotopic (exact) mass is 720 g/mol. The molecule has 0 aliphatic heterocycles. The quantitative estimate of drug-likeness (QED) is 0.0787. The van der Waals surface area contributed by atoms with Crippen LogP contribution in [0.1, 0.15) is 53.7 Å². The Morgan fingerprint density at radius 2 is 1.52 bits per heavy atom. The molecule has 0 radical (unpaired) electrons. The Labute approximate surface area is 321 Å². The second-order valence-electron chi connectivity index (χ2n) is 11.7. The van der Waals surface area contributed by atoms with Crippen LogP contribution in [0.3, 0.4) is 0 Å². The number of hydrogen-bond acceptors (Lipinski definition) is 8. The molecular formula is C40H41NaO7S2. The van der Waals surface area contributed by atoms with Crippen LogP contribution in [0, 0.1) is 0 Å². The van der Waals surface area contributed by atoms with E-state index < -0.39 is 16.2 Å². The molecule has 1 unspecified atom stereocenters. The molecule has 50 heavy (non-hydrogen) atoms. The van der Waals surface area contributed by atoms with Gasteiger partial charge in [-0.3, -0.25) is 0 Å². The summed E-state index contributed by atoms with van der Waals surface area (Å²) in [6, 6.07) is 35.1. The summed E-state index contributed by atoms with van der Waals surface area (Å²) >= 11 is 1.20. The van der Waals surface area contributed by atoms with Crippen LogP contribution in [0.2, 0.25) is 0 Å². The van der Waals surface area contributed by atoms with Crippen molar-refractivity contribution in [3.8, 4) is 16.9 Å². The van der Waals surface area contributed by atoms with Crippen LogP contribution >= 0.6 is 11.8 Å². The molecule has 256 valence electrons. The first-order valence-corrected chi connectivity index (χ1v) is 18.6. The number of rotatable bonds is 17. The number of benzene rings is 5. The molecule has 0 aromatic heterocycles. The Morgan fingerprint density at radius 3 is 2.22 bits per heavy atom. The van der Waals surface area contributed by atoms with Gasteiger partial charge in [-0.25, -0.2) is 8.42 Å². The normalized spacial score (nSPS) is 11.9. The molecule has 0 heterocycles. The molecule has 1 atom stereocenters. The average molecular weight is 721 g/mol. The van der Waals surface area contributed by atoms with E-state index in [2.05, 4.69) is 6.92 Å². The number of ether oxygens (including phenoxy) is 2. The molecule has 5 rings (SSSR count). The molecule has 10 heteroatoms. The molecule has 0 bridgehead atoms. The van der Waals surface area contributed by atoms with Crippen molar-refractivity contribution in [2.24, 2.45) is 0 Å². The minimum Gasteiger partial charge on any atom is -0.744 e. The Morgan fingerprint density at radius 1 is 0.800 bits per heavy atom. The molecule has 0 aliphatic rings. The molecule has 0 saturated heterocycles. The van der Waals surface area contributed by atoms with Gasteiger partial charge < -0.3 is 24.2 Å². The van der Waals surface area contributed by atoms with E-state index in [1.165, 1.54) is 17.8 Å². The maximum Gasteiger partial charge on any atom is 1.00 e. The van der Waals surface area contributed by atoms with E-state index in [1.807, 2.05) is 91.0 Å². The van der Waals surface area contributed by atoms with Crippen molar-refractivity contribution in [3.63, 3.8) is 0 Å². The zero-order chi connectivity index (χ0) is 34.6. The van der Waals surface area contributed by atoms with Gasteiger partial charge in [-0.15, -0.1) is 0 Å². The van der Waals surface area contributed by atoms with Crippen LogP contribution in [0.15, 0.2) is 130 Å². The number of unbranched alkanes of at least 4 members (excludes halogenated alkanes) is 1. The standard InChI is InChI=1S/C40H42O7S2.Na/c1-2-3-24-47-34-16-18-35(19-17-34)48-38-20-15-32(27-39(38)49(43,44)45)36-9-4-5-10-37(36)40(42)33-8-6-7-31(26-33)28-46-25-22-30-13-11-29(12-14-30)21-23-41;/h4-20,26-27,40-42H,2-3,21-25,28H2,1H3,(H,43,44,45);/q;+1/p-1. The molecule has 0 spiro atoms. The summed E-state index contributed by atoms with van der Waals surface area (Å²) < 4.78 is 49.1. The molecule has 0 fully saturated rings. The van der Waals surface area contributed by atoms with Crippen LogP contribution < -0.4 is 34.3 Å². The van der Waals surface area contributed by atoms with Gasteiger partial charge in [0.15, 0.2) is 0 Å². The fourth-order valence-corrected chi connectivity index (χ4v) is 7.27. The zero-order valence-electron chi connectivity index (χ0n) is 28.5. The minimum atomic E-state index is -4.81. The van der Waals surface area contributed by atoms with Crippen LogP contribution in [0.4, 0.5) is 0 Å². The Bertz CT molecular complexity index is 1910. The van der Waals surface area contributed by atoms with Gasteiger partial charge in [-0.2, -0.15) is 0 Å². The van der Waals surface area contributed by atoms with Crippen molar-refractivity contribution in [2.45, 2.75) is 60.0 Å². The molecule has 7 nitrogen and oxygen atoms in total. The molecule has 5 aromatic rings. The Hall–Kier alpha value is -2.96. The third kappa shape index (κ3) is 11.3. The molecule has 2 N–H and O–H groups in total. The number of hydrogen-bond donors (Lipinski definition) is 2. The average Bonchev–Trinajstić information content (AvgIpc) is 3.11. The van der Waals surface area contributed by atoms with E-state index in [9.17, 15) is 18.1 Å². The first-order chi connectivity index (χ1) is 23.7. The first-order valence-electron chi connectivity index (χ1n) is 16.4. The van der Waals surface area contributed by atoms with Crippen molar-refractivity contribution < 1.29 is 62.2 Å². The van der Waals surface area contributed by atoms with E-state index in [-0.39, 0.29) is 41.1 Å². The summed E-state index contributed by atoms with van der Waals surface area (Å²) in [5.74, 6) is 0.732. The van der Waals surface area contributed by atoms with E-state index >= 15 is 0 Å². The number of aliphatic hydroxyl groups excluding tert-OH is 2. The molecule has 0 amide bonds. The summed E-state index contributed by atoms with van der Waals surface area (Å²) in [7, 11) is -4.81. The fraction of sp³-hybridized carbons (Fsp3) is 0.250. The SMILES string of the molecule is CCCCOc1ccc(Sc2ccc(-c3ccccc3C(O)c3cccc(COCCc4ccc(CCO)cc4)c3)cc2S(=O)(=O)[O-])cc1.[Na+]. The molecular weight excluding hydrogens is 680 g/mol. The minimum absolute atomic E-state index is 0. The van der Waals surface area contributed by atoms with Crippen LogP contribution in [0.5, 0.6) is 5.75 Å². The Balaban J connectivity index is 0.00000562. The predicted octanol–water partition coefficient (Wildman–Crippen LogP) is 4.97. The third-order valence-corrected chi connectivity index (χ3v) is 10.2. The van der Waals surface area contributed by atoms with Gasteiger partial charge in [0.25, 0.3) is 0 Å². The summed E-state index contributed by atoms with van der Waals surface area (Å²) in [4.78, 5) is 0.777. The van der Waals surface area contributed by atoms with Crippen LogP contribution in [-0.2, 0) is 34.3 Å². The third-order valence-electron chi connectivity index (χ3n) is 8.09. The van der Waals surface area contributed by atoms with E-state index in [0.717, 1.165) is 46.6 Å². The van der Waals surface area contributed by atoms with Crippen molar-refractivity contribution in [2.75, 3.05) is 19.8 Å². The van der Waals surface area contributed by atoms with Crippen molar-refractivity contribution in [3.05, 3.63) is 143 Å². The summed E-state index contributed by atoms with van der Waals surface area (Å²) in [5, 5.41) is 20.7. The van der Waals surface area contributed by atoms with Gasteiger partial charge in [0.2, 0.25) is 0 Å². The summed E-state index contributed by atoms with van der Waals surface area (Å²) in [6.45, 7) is 3.77. The second-order valence-corrected chi connectivity index (χ2v) is 14.2. The van der Waals surface area contributed by atoms with Crippen LogP contribution in [0.25, 0.3) is 11.1 Å². The van der Waals surface area contributed by atoms with Crippen molar-refractivity contribution in [1.82, 2.24) is 0 Å². The van der Waals surface area contributed by atoms with Crippen molar-refractivity contribution >= 4 is 21.9 Å². The summed E-state index contributed by atoms with van der Waals surface area (Å²) in [6.07, 6.45) is 2.39. The maximum absolute atomic E-state index is 12.5. The van der Waals surface area contributed by atoms with Crippen LogP contribution in [-0.4, -0.2) is 43.0 Å². The van der Waals surface area contributed by atoms with Gasteiger partial charge in [-0.05, 0) is 94.6 Å². The number of aliphatic hydroxyl groups is 2. The Kier molecular flexibility index (Phi) is 15.6. The largest absolute Gasteiger partial charge is 1.00 e. The van der Waals surface area contributed by atoms with Gasteiger partial charge in [-0.1, -0.05) is 104 Å². The van der Waals surface area contributed by atoms with Gasteiger partial charge >= 0.3 is 29.6 Å².